The maximum atomic E-state index is 10.3. The molecule has 0 aliphatic rings. The molecule has 0 amide bonds. The average Bonchev–Trinajstić information content (AvgIpc) is 1.85. The zero-order valence-corrected chi connectivity index (χ0v) is 5.12. The van der Waals surface area contributed by atoms with Crippen LogP contribution in [0.4, 0.5) is 0 Å². The van der Waals surface area contributed by atoms with Crippen molar-refractivity contribution in [3.63, 3.8) is 0 Å². The van der Waals surface area contributed by atoms with Crippen LogP contribution in [-0.4, -0.2) is 26.2 Å². The van der Waals surface area contributed by atoms with Crippen molar-refractivity contribution in [2.24, 2.45) is 0 Å². The van der Waals surface area contributed by atoms with Gasteiger partial charge in [-0.15, -0.1) is 0 Å². The van der Waals surface area contributed by atoms with E-state index < -0.39 is 5.97 Å². The minimum absolute atomic E-state index is 0.109. The van der Waals surface area contributed by atoms with Crippen molar-refractivity contribution < 1.29 is 19.1 Å². The van der Waals surface area contributed by atoms with Crippen LogP contribution in [0.15, 0.2) is 0 Å². The minimum atomic E-state index is -0.563. The van der Waals surface area contributed by atoms with Crippen LogP contribution in [0.25, 0.3) is 0 Å². The lowest BCUT2D eigenvalue weighted by Crippen LogP contribution is -2.05. The van der Waals surface area contributed by atoms with Crippen LogP contribution in [0.3, 0.4) is 0 Å². The zero-order chi connectivity index (χ0) is 7.11. The van der Waals surface area contributed by atoms with E-state index in [1.54, 1.807) is 0 Å². The first kappa shape index (κ1) is 8.10. The summed E-state index contributed by atoms with van der Waals surface area (Å²) in [6.45, 7) is 0.394. The van der Waals surface area contributed by atoms with Crippen LogP contribution in [0.2, 0.25) is 0 Å². The van der Waals surface area contributed by atoms with E-state index in [4.69, 9.17) is 0 Å². The third-order valence-corrected chi connectivity index (χ3v) is 0.690. The van der Waals surface area contributed by atoms with Crippen LogP contribution in [0.1, 0.15) is 6.42 Å². The van der Waals surface area contributed by atoms with E-state index in [0.29, 0.717) is 0 Å². The second-order valence-corrected chi connectivity index (χ2v) is 1.33. The van der Waals surface area contributed by atoms with Gasteiger partial charge in [-0.25, -0.2) is 0 Å². The first-order valence-corrected chi connectivity index (χ1v) is 2.43. The third-order valence-electron chi connectivity index (χ3n) is 0.690. The molecule has 0 spiro atoms. The summed E-state index contributed by atoms with van der Waals surface area (Å²) < 4.78 is 8.49. The largest absolute Gasteiger partial charge is 0.395 e. The van der Waals surface area contributed by atoms with Gasteiger partial charge < -0.3 is 9.47 Å². The minimum Gasteiger partial charge on any atom is -0.395 e. The molecule has 0 rings (SSSR count). The molecule has 0 saturated carbocycles. The van der Waals surface area contributed by atoms with Gasteiger partial charge in [-0.3, -0.25) is 9.59 Å². The summed E-state index contributed by atoms with van der Waals surface area (Å²) in [5, 5.41) is 0. The van der Waals surface area contributed by atoms with E-state index in [-0.39, 0.29) is 19.5 Å². The number of esters is 1. The molecule has 0 aliphatic carbocycles. The lowest BCUT2D eigenvalue weighted by atomic mass is 10.5. The van der Waals surface area contributed by atoms with Crippen LogP contribution in [0.5, 0.6) is 0 Å². The summed E-state index contributed by atoms with van der Waals surface area (Å²) in [6.07, 6.45) is 0.120. The highest BCUT2D eigenvalue weighted by Crippen LogP contribution is 1.82. The van der Waals surface area contributed by atoms with E-state index >= 15 is 0 Å². The molecule has 0 heterocycles. The molecule has 0 aromatic rings. The second-order valence-electron chi connectivity index (χ2n) is 1.33. The lowest BCUT2D eigenvalue weighted by molar-refractivity contribution is -0.152. The summed E-state index contributed by atoms with van der Waals surface area (Å²) in [4.78, 5) is 19.8. The zero-order valence-electron chi connectivity index (χ0n) is 5.12. The second kappa shape index (κ2) is 5.24. The monoisotopic (exact) mass is 132 g/mol. The molecule has 0 aromatic heterocycles. The van der Waals surface area contributed by atoms with Crippen molar-refractivity contribution in [3.05, 3.63) is 0 Å². The average molecular weight is 132 g/mol. The molecule has 0 N–H and O–H groups in total. The Kier molecular flexibility index (Phi) is 4.72. The highest BCUT2D eigenvalue weighted by molar-refractivity contribution is 5.76. The predicted molar refractivity (Wildman–Crippen MR) is 28.6 cm³/mol. The van der Waals surface area contributed by atoms with Crippen molar-refractivity contribution in [1.82, 2.24) is 0 Å². The molecule has 0 bridgehead atoms. The molecular formula is C5H8O4. The van der Waals surface area contributed by atoms with Crippen molar-refractivity contribution in [3.8, 4) is 0 Å². The summed E-state index contributed by atoms with van der Waals surface area (Å²) in [6, 6.07) is 0. The van der Waals surface area contributed by atoms with Crippen LogP contribution >= 0.6 is 0 Å². The molecular weight excluding hydrogens is 124 g/mol. The number of carbonyl (C=O) groups excluding carboxylic acids is 2. The fourth-order valence-corrected chi connectivity index (χ4v) is 0.298. The van der Waals surface area contributed by atoms with Gasteiger partial charge in [0.15, 0.2) is 0 Å². The van der Waals surface area contributed by atoms with Crippen molar-refractivity contribution in [1.29, 1.82) is 0 Å². The SMILES string of the molecule is COCCC(=O)OC=O. The fourth-order valence-electron chi connectivity index (χ4n) is 0.298. The standard InChI is InChI=1S/C5H8O4/c1-8-3-2-5(7)9-4-6/h4H,2-3H2,1H3. The topological polar surface area (TPSA) is 52.6 Å². The first-order valence-electron chi connectivity index (χ1n) is 2.43. The Morgan fingerprint density at radius 1 is 1.67 bits per heavy atom. The fraction of sp³-hybridized carbons (Fsp3) is 0.600. The van der Waals surface area contributed by atoms with Gasteiger partial charge in [-0.1, -0.05) is 0 Å². The Hall–Kier alpha value is -0.900. The number of hydrogen-bond donors (Lipinski definition) is 0. The molecule has 0 atom stereocenters. The third kappa shape index (κ3) is 4.96. The molecule has 52 valence electrons. The van der Waals surface area contributed by atoms with E-state index in [1.807, 2.05) is 0 Å². The lowest BCUT2D eigenvalue weighted by Gasteiger charge is -1.93. The quantitative estimate of drug-likeness (QED) is 0.300. The maximum Gasteiger partial charge on any atom is 0.315 e. The number of ether oxygens (including phenoxy) is 2. The molecule has 0 saturated heterocycles. The summed E-state index contributed by atoms with van der Waals surface area (Å²) in [5.41, 5.74) is 0. The Morgan fingerprint density at radius 2 is 2.33 bits per heavy atom. The Balaban J connectivity index is 3.16. The van der Waals surface area contributed by atoms with Crippen molar-refractivity contribution in [2.45, 2.75) is 6.42 Å². The molecule has 0 aliphatic heterocycles. The van der Waals surface area contributed by atoms with Gasteiger partial charge in [0.1, 0.15) is 0 Å². The Bertz CT molecular complexity index is 99.1. The normalized spacial score (nSPS) is 8.56. The van der Waals surface area contributed by atoms with E-state index in [9.17, 15) is 9.59 Å². The smallest absolute Gasteiger partial charge is 0.315 e. The molecule has 0 fully saturated rings. The van der Waals surface area contributed by atoms with Crippen molar-refractivity contribution >= 4 is 12.4 Å². The van der Waals surface area contributed by atoms with Gasteiger partial charge >= 0.3 is 12.4 Å². The molecule has 4 nitrogen and oxygen atoms in total. The summed E-state index contributed by atoms with van der Waals surface area (Å²) in [5.74, 6) is -0.563. The van der Waals surface area contributed by atoms with Gasteiger partial charge in [0.2, 0.25) is 0 Å². The summed E-state index contributed by atoms with van der Waals surface area (Å²) >= 11 is 0. The van der Waals surface area contributed by atoms with Gasteiger partial charge in [0.05, 0.1) is 13.0 Å². The number of rotatable bonds is 4. The number of carbonyl (C=O) groups is 2. The van der Waals surface area contributed by atoms with Crippen molar-refractivity contribution in [2.75, 3.05) is 13.7 Å². The maximum absolute atomic E-state index is 10.3. The summed E-state index contributed by atoms with van der Waals surface area (Å²) in [7, 11) is 1.47. The van der Waals surface area contributed by atoms with Crippen LogP contribution < -0.4 is 0 Å². The Morgan fingerprint density at radius 3 is 2.78 bits per heavy atom. The van der Waals surface area contributed by atoms with Crippen LogP contribution in [0, 0.1) is 0 Å². The molecule has 0 radical (unpaired) electrons. The molecule has 0 unspecified atom stereocenters. The Labute approximate surface area is 52.7 Å². The predicted octanol–water partition coefficient (Wildman–Crippen LogP) is -0.278. The van der Waals surface area contributed by atoms with Gasteiger partial charge in [0.25, 0.3) is 0 Å². The highest BCUT2D eigenvalue weighted by Gasteiger charge is 1.98. The molecule has 0 aromatic carbocycles. The highest BCUT2D eigenvalue weighted by atomic mass is 16.6. The first-order chi connectivity index (χ1) is 4.31. The van der Waals surface area contributed by atoms with E-state index in [1.165, 1.54) is 7.11 Å². The number of hydrogen-bond acceptors (Lipinski definition) is 4. The van der Waals surface area contributed by atoms with E-state index in [2.05, 4.69) is 9.47 Å². The van der Waals surface area contributed by atoms with Gasteiger partial charge in [0, 0.05) is 7.11 Å². The van der Waals surface area contributed by atoms with Crippen LogP contribution in [-0.2, 0) is 19.1 Å². The molecule has 4 heteroatoms. The van der Waals surface area contributed by atoms with Gasteiger partial charge in [-0.2, -0.15) is 0 Å². The van der Waals surface area contributed by atoms with E-state index in [0.717, 1.165) is 0 Å². The van der Waals surface area contributed by atoms with Gasteiger partial charge in [-0.05, 0) is 0 Å². The number of methoxy groups -OCH3 is 1. The molecule has 9 heavy (non-hydrogen) atoms.